The van der Waals surface area contributed by atoms with Crippen molar-refractivity contribution in [3.63, 3.8) is 0 Å². The number of hydrogen-bond acceptors (Lipinski definition) is 8. The van der Waals surface area contributed by atoms with Crippen molar-refractivity contribution in [2.75, 3.05) is 37.0 Å². The third kappa shape index (κ3) is 5.88. The van der Waals surface area contributed by atoms with Crippen LogP contribution in [0.3, 0.4) is 0 Å². The summed E-state index contributed by atoms with van der Waals surface area (Å²) in [4.78, 5) is 31.9. The summed E-state index contributed by atoms with van der Waals surface area (Å²) >= 11 is 6.17. The molecule has 0 bridgehead atoms. The van der Waals surface area contributed by atoms with Crippen molar-refractivity contribution in [1.29, 1.82) is 0 Å². The number of halogens is 1. The Kier molecular flexibility index (Phi) is 8.06. The zero-order chi connectivity index (χ0) is 27.4. The number of piperidine rings is 1. The van der Waals surface area contributed by atoms with Crippen LogP contribution in [0.2, 0.25) is 5.02 Å². The van der Waals surface area contributed by atoms with Gasteiger partial charge in [0.25, 0.3) is 5.91 Å². The zero-order valence-corrected chi connectivity index (χ0v) is 22.1. The Hall–Kier alpha value is -3.99. The standard InChI is InChI=1S/C28H29ClN6O4/c1-39-28(38)24(17-36)31-20-9-12-34(13-10-20)25-8-3-2-7-22(25)33-27(37)23-11-14-35-26(32-23)21(16-30-35)18-5-4-6-19(29)15-18/h2-8,11,14-16,20,24,31,36H,9-10,12-13,17H2,1H3,(H,33,37)/t24-/m0/s1. The van der Waals surface area contributed by atoms with Crippen molar-refractivity contribution < 1.29 is 19.4 Å². The summed E-state index contributed by atoms with van der Waals surface area (Å²) in [6.07, 6.45) is 4.95. The van der Waals surface area contributed by atoms with Gasteiger partial charge in [-0.1, -0.05) is 35.9 Å². The minimum atomic E-state index is -0.738. The normalized spacial score (nSPS) is 14.8. The molecule has 5 rings (SSSR count). The van der Waals surface area contributed by atoms with Crippen molar-refractivity contribution in [1.82, 2.24) is 19.9 Å². The van der Waals surface area contributed by atoms with Gasteiger partial charge in [-0.05, 0) is 48.7 Å². The largest absolute Gasteiger partial charge is 0.468 e. The second-order valence-electron chi connectivity index (χ2n) is 9.31. The van der Waals surface area contributed by atoms with Crippen LogP contribution in [0.15, 0.2) is 67.0 Å². The van der Waals surface area contributed by atoms with E-state index in [4.69, 9.17) is 16.3 Å². The van der Waals surface area contributed by atoms with Crippen LogP contribution >= 0.6 is 11.6 Å². The van der Waals surface area contributed by atoms with Gasteiger partial charge < -0.3 is 20.1 Å². The Balaban J connectivity index is 1.30. The van der Waals surface area contributed by atoms with Crippen LogP contribution in [0, 0.1) is 0 Å². The van der Waals surface area contributed by atoms with Gasteiger partial charge in [-0.15, -0.1) is 0 Å². The van der Waals surface area contributed by atoms with Crippen LogP contribution in [0.25, 0.3) is 16.8 Å². The predicted octanol–water partition coefficient (Wildman–Crippen LogP) is 3.39. The maximum Gasteiger partial charge on any atom is 0.325 e. The Morgan fingerprint density at radius 1 is 1.15 bits per heavy atom. The molecular weight excluding hydrogens is 520 g/mol. The number of carbonyl (C=O) groups is 2. The molecule has 0 saturated carbocycles. The van der Waals surface area contributed by atoms with E-state index in [9.17, 15) is 14.7 Å². The first-order valence-corrected chi connectivity index (χ1v) is 13.0. The van der Waals surface area contributed by atoms with Gasteiger partial charge in [0.15, 0.2) is 5.65 Å². The molecule has 1 atom stereocenters. The number of amides is 1. The number of esters is 1. The highest BCUT2D eigenvalue weighted by Gasteiger charge is 2.26. The van der Waals surface area contributed by atoms with E-state index < -0.39 is 12.0 Å². The number of hydrogen-bond donors (Lipinski definition) is 3. The molecule has 2 aromatic heterocycles. The number of carbonyl (C=O) groups excluding carboxylic acids is 2. The maximum absolute atomic E-state index is 13.3. The van der Waals surface area contributed by atoms with Crippen LogP contribution in [-0.2, 0) is 9.53 Å². The fourth-order valence-electron chi connectivity index (χ4n) is 4.81. The fraction of sp³-hybridized carbons (Fsp3) is 0.286. The third-order valence-electron chi connectivity index (χ3n) is 6.83. The second-order valence-corrected chi connectivity index (χ2v) is 9.74. The minimum Gasteiger partial charge on any atom is -0.468 e. The number of nitrogens with one attached hydrogen (secondary N) is 2. The van der Waals surface area contributed by atoms with E-state index in [0.717, 1.165) is 29.7 Å². The number of aromatic nitrogens is 3. The molecule has 1 aliphatic rings. The second kappa shape index (κ2) is 11.8. The smallest absolute Gasteiger partial charge is 0.325 e. The third-order valence-corrected chi connectivity index (χ3v) is 7.07. The molecule has 1 fully saturated rings. The average molecular weight is 549 g/mol. The van der Waals surface area contributed by atoms with Gasteiger partial charge in [-0.25, -0.2) is 9.50 Å². The van der Waals surface area contributed by atoms with Gasteiger partial charge in [-0.2, -0.15) is 5.10 Å². The van der Waals surface area contributed by atoms with Crippen LogP contribution in [0.5, 0.6) is 0 Å². The van der Waals surface area contributed by atoms with Crippen molar-refractivity contribution >= 4 is 40.5 Å². The molecule has 11 heteroatoms. The highest BCUT2D eigenvalue weighted by Crippen LogP contribution is 2.30. The summed E-state index contributed by atoms with van der Waals surface area (Å²) in [7, 11) is 1.31. The number of anilines is 2. The summed E-state index contributed by atoms with van der Waals surface area (Å²) in [6, 6.07) is 16.0. The molecule has 0 radical (unpaired) electrons. The van der Waals surface area contributed by atoms with Crippen LogP contribution in [0.4, 0.5) is 11.4 Å². The minimum absolute atomic E-state index is 0.0690. The number of fused-ring (bicyclic) bond motifs is 1. The molecule has 4 aromatic rings. The number of methoxy groups -OCH3 is 1. The molecule has 0 aliphatic carbocycles. The number of nitrogens with zero attached hydrogens (tertiary/aromatic N) is 4. The molecule has 0 spiro atoms. The monoisotopic (exact) mass is 548 g/mol. The molecule has 202 valence electrons. The zero-order valence-electron chi connectivity index (χ0n) is 21.4. The first-order chi connectivity index (χ1) is 19.0. The predicted molar refractivity (Wildman–Crippen MR) is 149 cm³/mol. The Labute approximate surface area is 230 Å². The summed E-state index contributed by atoms with van der Waals surface area (Å²) in [5.41, 5.74) is 4.05. The number of ether oxygens (including phenoxy) is 1. The van der Waals surface area contributed by atoms with Gasteiger partial charge in [0.1, 0.15) is 11.7 Å². The van der Waals surface area contributed by atoms with Gasteiger partial charge in [-0.3, -0.25) is 14.9 Å². The van der Waals surface area contributed by atoms with Crippen molar-refractivity contribution in [3.05, 3.63) is 77.7 Å². The van der Waals surface area contributed by atoms with E-state index in [-0.39, 0.29) is 24.2 Å². The van der Waals surface area contributed by atoms with Gasteiger partial charge >= 0.3 is 5.97 Å². The quantitative estimate of drug-likeness (QED) is 0.287. The SMILES string of the molecule is COC(=O)[C@H](CO)NC1CCN(c2ccccc2NC(=O)c2ccn3ncc(-c4cccc(Cl)c4)c3n2)CC1. The summed E-state index contributed by atoms with van der Waals surface area (Å²) < 4.78 is 6.38. The highest BCUT2D eigenvalue weighted by atomic mass is 35.5. The lowest BCUT2D eigenvalue weighted by Crippen LogP contribution is -2.50. The first kappa shape index (κ1) is 26.6. The van der Waals surface area contributed by atoms with Crippen molar-refractivity contribution in [3.8, 4) is 11.1 Å². The molecule has 2 aromatic carbocycles. The van der Waals surface area contributed by atoms with E-state index in [1.165, 1.54) is 7.11 Å². The average Bonchev–Trinajstić information content (AvgIpc) is 3.39. The maximum atomic E-state index is 13.3. The van der Waals surface area contributed by atoms with Crippen LogP contribution in [-0.4, -0.2) is 70.5 Å². The van der Waals surface area contributed by atoms with Gasteiger partial charge in [0, 0.05) is 35.9 Å². The molecule has 1 amide bonds. The molecule has 0 unspecified atom stereocenters. The fourth-order valence-corrected chi connectivity index (χ4v) is 5.00. The lowest BCUT2D eigenvalue weighted by molar-refractivity contribution is -0.144. The van der Waals surface area contributed by atoms with Gasteiger partial charge in [0.2, 0.25) is 0 Å². The summed E-state index contributed by atoms with van der Waals surface area (Å²) in [6.45, 7) is 1.11. The van der Waals surface area contributed by atoms with Crippen LogP contribution < -0.4 is 15.5 Å². The van der Waals surface area contributed by atoms with Crippen LogP contribution in [0.1, 0.15) is 23.3 Å². The summed E-state index contributed by atoms with van der Waals surface area (Å²) in [5, 5.41) is 20.7. The van der Waals surface area contributed by atoms with Crippen molar-refractivity contribution in [2.24, 2.45) is 0 Å². The molecule has 10 nitrogen and oxygen atoms in total. The number of rotatable bonds is 8. The van der Waals surface area contributed by atoms with E-state index in [0.29, 0.717) is 29.4 Å². The van der Waals surface area contributed by atoms with Gasteiger partial charge in [0.05, 0.1) is 31.3 Å². The molecule has 3 N–H and O–H groups in total. The summed E-state index contributed by atoms with van der Waals surface area (Å²) in [5.74, 6) is -0.806. The van der Waals surface area contributed by atoms with E-state index in [1.54, 1.807) is 29.0 Å². The van der Waals surface area contributed by atoms with Crippen molar-refractivity contribution in [2.45, 2.75) is 24.9 Å². The molecule has 1 saturated heterocycles. The first-order valence-electron chi connectivity index (χ1n) is 12.7. The number of aliphatic hydroxyl groups excluding tert-OH is 1. The Morgan fingerprint density at radius 2 is 1.95 bits per heavy atom. The molecule has 39 heavy (non-hydrogen) atoms. The van der Waals surface area contributed by atoms with E-state index in [1.807, 2.05) is 42.5 Å². The topological polar surface area (TPSA) is 121 Å². The number of benzene rings is 2. The molecule has 3 heterocycles. The number of para-hydroxylation sites is 2. The van der Waals surface area contributed by atoms with E-state index in [2.05, 4.69) is 25.6 Å². The molecule has 1 aliphatic heterocycles. The lowest BCUT2D eigenvalue weighted by atomic mass is 10.0. The van der Waals surface area contributed by atoms with E-state index >= 15 is 0 Å². The Morgan fingerprint density at radius 3 is 2.69 bits per heavy atom. The Bertz CT molecular complexity index is 1480. The number of aliphatic hydroxyl groups is 1. The highest BCUT2D eigenvalue weighted by molar-refractivity contribution is 6.30. The molecular formula is C28H29ClN6O4. The lowest BCUT2D eigenvalue weighted by Gasteiger charge is -2.36.